The van der Waals surface area contributed by atoms with Gasteiger partial charge in [-0.1, -0.05) is 35.5 Å². The number of rotatable bonds is 6. The fourth-order valence-electron chi connectivity index (χ4n) is 3.26. The van der Waals surface area contributed by atoms with E-state index in [0.29, 0.717) is 22.6 Å². The minimum atomic E-state index is -0.898. The lowest BCUT2D eigenvalue weighted by Gasteiger charge is -2.17. The van der Waals surface area contributed by atoms with E-state index in [9.17, 15) is 14.4 Å². The van der Waals surface area contributed by atoms with Crippen LogP contribution in [0.5, 0.6) is 0 Å². The van der Waals surface area contributed by atoms with Gasteiger partial charge in [-0.15, -0.1) is 0 Å². The zero-order valence-corrected chi connectivity index (χ0v) is 16.6. The third kappa shape index (κ3) is 4.81. The molecule has 2 aromatic rings. The van der Waals surface area contributed by atoms with Gasteiger partial charge < -0.3 is 5.73 Å². The van der Waals surface area contributed by atoms with Gasteiger partial charge in [0.1, 0.15) is 0 Å². The normalized spacial score (nSPS) is 15.1. The number of nitrogens with two attached hydrogens (primary N) is 1. The highest BCUT2D eigenvalue weighted by Crippen LogP contribution is 2.25. The Morgan fingerprint density at radius 1 is 1.32 bits per heavy atom. The maximum Gasteiger partial charge on any atom is 0.318 e. The number of allylic oxidation sites excluding steroid dienone is 2. The minimum Gasteiger partial charge on any atom is -0.351 e. The van der Waals surface area contributed by atoms with Gasteiger partial charge in [-0.2, -0.15) is 0 Å². The first-order valence-corrected chi connectivity index (χ1v) is 10.3. The molecular formula is C20H24N4O3S. The Kier molecular flexibility index (Phi) is 6.51. The molecule has 28 heavy (non-hydrogen) atoms. The number of para-hydroxylation sites is 1. The largest absolute Gasteiger partial charge is 0.351 e. The predicted octanol–water partition coefficient (Wildman–Crippen LogP) is 2.96. The van der Waals surface area contributed by atoms with Crippen LogP contribution in [0.3, 0.4) is 0 Å². The molecule has 0 saturated heterocycles. The molecule has 1 aliphatic rings. The summed E-state index contributed by atoms with van der Waals surface area (Å²) in [7, 11) is 0. The van der Waals surface area contributed by atoms with Crippen molar-refractivity contribution in [2.75, 3.05) is 0 Å². The van der Waals surface area contributed by atoms with Crippen molar-refractivity contribution in [3.05, 3.63) is 46.3 Å². The van der Waals surface area contributed by atoms with E-state index in [1.165, 1.54) is 18.4 Å². The molecule has 1 heterocycles. The van der Waals surface area contributed by atoms with Crippen LogP contribution in [-0.4, -0.2) is 26.7 Å². The fourth-order valence-corrected chi connectivity index (χ4v) is 4.19. The molecule has 3 amide bonds. The number of carbonyl (C=O) groups excluding carboxylic acids is 2. The first-order valence-electron chi connectivity index (χ1n) is 9.40. The first-order chi connectivity index (χ1) is 13.5. The van der Waals surface area contributed by atoms with Gasteiger partial charge in [0.25, 0.3) is 5.56 Å². The van der Waals surface area contributed by atoms with Gasteiger partial charge in [-0.05, 0) is 51.2 Å². The summed E-state index contributed by atoms with van der Waals surface area (Å²) in [6, 6.07) is 6.28. The van der Waals surface area contributed by atoms with E-state index in [-0.39, 0.29) is 5.56 Å². The molecule has 148 valence electrons. The highest BCUT2D eigenvalue weighted by atomic mass is 32.2. The lowest BCUT2D eigenvalue weighted by Crippen LogP contribution is -2.39. The number of imide groups is 1. The molecule has 0 fully saturated rings. The van der Waals surface area contributed by atoms with Crippen LogP contribution in [0, 0.1) is 0 Å². The van der Waals surface area contributed by atoms with Crippen molar-refractivity contribution < 1.29 is 9.59 Å². The Balaban J connectivity index is 1.92. The first kappa shape index (κ1) is 20.1. The van der Waals surface area contributed by atoms with E-state index in [4.69, 9.17) is 5.73 Å². The quantitative estimate of drug-likeness (QED) is 0.440. The SMILES string of the molecule is CC(Sc1nc2ccccc2c(=O)n1CCC1=CCCCC1)C(=O)NC(N)=O. The highest BCUT2D eigenvalue weighted by Gasteiger charge is 2.20. The molecule has 0 spiro atoms. The van der Waals surface area contributed by atoms with Crippen LogP contribution in [0.25, 0.3) is 10.9 Å². The summed E-state index contributed by atoms with van der Waals surface area (Å²) >= 11 is 1.15. The average Bonchev–Trinajstić information content (AvgIpc) is 2.68. The molecule has 7 nitrogen and oxygen atoms in total. The van der Waals surface area contributed by atoms with Gasteiger partial charge in [0, 0.05) is 6.54 Å². The zero-order chi connectivity index (χ0) is 20.1. The number of fused-ring (bicyclic) bond motifs is 1. The summed E-state index contributed by atoms with van der Waals surface area (Å²) in [4.78, 5) is 40.7. The number of primary amides is 1. The maximum atomic E-state index is 13.1. The summed E-state index contributed by atoms with van der Waals surface area (Å²) in [5, 5.41) is 2.47. The minimum absolute atomic E-state index is 0.119. The molecule has 0 radical (unpaired) electrons. The van der Waals surface area contributed by atoms with Crippen LogP contribution in [0.2, 0.25) is 0 Å². The van der Waals surface area contributed by atoms with Crippen molar-refractivity contribution in [2.45, 2.75) is 56.0 Å². The van der Waals surface area contributed by atoms with Crippen LogP contribution in [0.4, 0.5) is 4.79 Å². The average molecular weight is 401 g/mol. The summed E-state index contributed by atoms with van der Waals surface area (Å²) < 4.78 is 1.64. The van der Waals surface area contributed by atoms with Crippen molar-refractivity contribution in [2.24, 2.45) is 5.73 Å². The third-order valence-electron chi connectivity index (χ3n) is 4.77. The Morgan fingerprint density at radius 2 is 2.11 bits per heavy atom. The van der Waals surface area contributed by atoms with Gasteiger partial charge >= 0.3 is 6.03 Å². The van der Waals surface area contributed by atoms with E-state index in [2.05, 4.69) is 16.4 Å². The Bertz CT molecular complexity index is 983. The smallest absolute Gasteiger partial charge is 0.318 e. The summed E-state index contributed by atoms with van der Waals surface area (Å²) in [5.74, 6) is -0.513. The van der Waals surface area contributed by atoms with Crippen LogP contribution in [0.15, 0.2) is 45.9 Å². The standard InChI is InChI=1S/C20H24N4O3S/c1-13(17(25)23-19(21)27)28-20-22-16-10-6-5-9-15(16)18(26)24(20)12-11-14-7-3-2-4-8-14/h5-7,9-10,13H,2-4,8,11-12H2,1H3,(H3,21,23,25,27). The monoisotopic (exact) mass is 400 g/mol. The van der Waals surface area contributed by atoms with E-state index in [1.54, 1.807) is 23.6 Å². The van der Waals surface area contributed by atoms with Gasteiger partial charge in [0.05, 0.1) is 16.2 Å². The Morgan fingerprint density at radius 3 is 2.82 bits per heavy atom. The van der Waals surface area contributed by atoms with E-state index in [1.807, 2.05) is 12.1 Å². The molecule has 0 saturated carbocycles. The summed E-state index contributed by atoms with van der Waals surface area (Å²) in [6.45, 7) is 2.16. The number of carbonyl (C=O) groups is 2. The number of nitrogens with one attached hydrogen (secondary N) is 1. The lowest BCUT2D eigenvalue weighted by atomic mass is 9.97. The topological polar surface area (TPSA) is 107 Å². The molecule has 8 heteroatoms. The molecule has 0 aliphatic heterocycles. The molecule has 1 unspecified atom stereocenters. The van der Waals surface area contributed by atoms with Gasteiger partial charge in [0.15, 0.2) is 5.16 Å². The summed E-state index contributed by atoms with van der Waals surface area (Å²) in [6.07, 6.45) is 7.60. The number of benzene rings is 1. The molecule has 3 rings (SSSR count). The van der Waals surface area contributed by atoms with Crippen LogP contribution < -0.4 is 16.6 Å². The zero-order valence-electron chi connectivity index (χ0n) is 15.8. The number of aromatic nitrogens is 2. The third-order valence-corrected chi connectivity index (χ3v) is 5.86. The summed E-state index contributed by atoms with van der Waals surface area (Å²) in [5.41, 5.74) is 6.86. The second kappa shape index (κ2) is 9.05. The van der Waals surface area contributed by atoms with Gasteiger partial charge in [-0.25, -0.2) is 9.78 Å². The van der Waals surface area contributed by atoms with Gasteiger partial charge in [-0.3, -0.25) is 19.5 Å². The molecule has 0 bridgehead atoms. The van der Waals surface area contributed by atoms with Crippen molar-refractivity contribution in [1.82, 2.24) is 14.9 Å². The number of hydrogen-bond donors (Lipinski definition) is 2. The van der Waals surface area contributed by atoms with Crippen molar-refractivity contribution >= 4 is 34.6 Å². The predicted molar refractivity (Wildman–Crippen MR) is 110 cm³/mol. The molecular weight excluding hydrogens is 376 g/mol. The second-order valence-electron chi connectivity index (χ2n) is 6.84. The van der Waals surface area contributed by atoms with Crippen LogP contribution in [-0.2, 0) is 11.3 Å². The molecule has 1 aromatic heterocycles. The van der Waals surface area contributed by atoms with E-state index >= 15 is 0 Å². The fraction of sp³-hybridized carbons (Fsp3) is 0.400. The van der Waals surface area contributed by atoms with Crippen molar-refractivity contribution in [1.29, 1.82) is 0 Å². The molecule has 1 aliphatic carbocycles. The Hall–Kier alpha value is -2.61. The molecule has 1 atom stereocenters. The Labute approximate surface area is 167 Å². The second-order valence-corrected chi connectivity index (χ2v) is 8.15. The number of hydrogen-bond acceptors (Lipinski definition) is 5. The van der Waals surface area contributed by atoms with E-state index in [0.717, 1.165) is 31.0 Å². The highest BCUT2D eigenvalue weighted by molar-refractivity contribution is 8.00. The molecule has 1 aromatic carbocycles. The molecule has 3 N–H and O–H groups in total. The lowest BCUT2D eigenvalue weighted by molar-refractivity contribution is -0.119. The van der Waals surface area contributed by atoms with Crippen molar-refractivity contribution in [3.8, 4) is 0 Å². The van der Waals surface area contributed by atoms with Crippen molar-refractivity contribution in [3.63, 3.8) is 0 Å². The number of nitrogens with zero attached hydrogens (tertiary/aromatic N) is 2. The van der Waals surface area contributed by atoms with Crippen LogP contribution in [0.1, 0.15) is 39.0 Å². The van der Waals surface area contributed by atoms with E-state index < -0.39 is 17.2 Å². The van der Waals surface area contributed by atoms with Crippen LogP contribution >= 0.6 is 11.8 Å². The number of urea groups is 1. The van der Waals surface area contributed by atoms with Gasteiger partial charge in [0.2, 0.25) is 5.91 Å². The maximum absolute atomic E-state index is 13.1. The number of amides is 3. The number of thioether (sulfide) groups is 1.